The number of hydrogen-bond acceptors (Lipinski definition) is 5. The Morgan fingerprint density at radius 1 is 1.18 bits per heavy atom. The lowest BCUT2D eigenvalue weighted by atomic mass is 9.73. The quantitative estimate of drug-likeness (QED) is 0.462. The number of nitrogens with zero attached hydrogens (tertiary/aromatic N) is 2. The molecule has 5 nitrogen and oxygen atoms in total. The predicted octanol–water partition coefficient (Wildman–Crippen LogP) is 5.49. The third-order valence-electron chi connectivity index (χ3n) is 6.00. The van der Waals surface area contributed by atoms with Crippen molar-refractivity contribution in [3.05, 3.63) is 0 Å². The monoisotopic (exact) mass is 398 g/mol. The summed E-state index contributed by atoms with van der Waals surface area (Å²) in [7, 11) is 1.78. The van der Waals surface area contributed by atoms with Gasteiger partial charge in [0.2, 0.25) is 5.90 Å². The first-order valence-electron chi connectivity index (χ1n) is 11.7. The summed E-state index contributed by atoms with van der Waals surface area (Å²) in [5, 5.41) is 4.42. The molecule has 28 heavy (non-hydrogen) atoms. The molecule has 0 spiro atoms. The van der Waals surface area contributed by atoms with Crippen molar-refractivity contribution >= 4 is 5.90 Å². The Balaban J connectivity index is 0.00000190. The van der Waals surface area contributed by atoms with Crippen LogP contribution in [-0.4, -0.2) is 56.9 Å². The number of rotatable bonds is 11. The van der Waals surface area contributed by atoms with Crippen LogP contribution in [0, 0.1) is 11.3 Å². The number of oxime groups is 1. The second kappa shape index (κ2) is 14.2. The van der Waals surface area contributed by atoms with E-state index in [1.165, 1.54) is 38.8 Å². The molecule has 0 aromatic rings. The van der Waals surface area contributed by atoms with E-state index in [4.69, 9.17) is 14.3 Å². The lowest BCUT2D eigenvalue weighted by Gasteiger charge is -2.40. The molecule has 2 aliphatic rings. The van der Waals surface area contributed by atoms with Gasteiger partial charge in [0.25, 0.3) is 0 Å². The van der Waals surface area contributed by atoms with E-state index in [9.17, 15) is 0 Å². The van der Waals surface area contributed by atoms with Gasteiger partial charge in [-0.3, -0.25) is 4.90 Å². The Morgan fingerprint density at radius 2 is 1.89 bits per heavy atom. The van der Waals surface area contributed by atoms with E-state index in [0.29, 0.717) is 12.5 Å². The molecule has 0 saturated carbocycles. The van der Waals surface area contributed by atoms with Gasteiger partial charge in [-0.05, 0) is 51.1 Å². The molecule has 166 valence electrons. The molecule has 0 radical (unpaired) electrons. The topological polar surface area (TPSA) is 43.3 Å². The zero-order valence-electron chi connectivity index (χ0n) is 19.5. The van der Waals surface area contributed by atoms with E-state index >= 15 is 0 Å². The van der Waals surface area contributed by atoms with Crippen molar-refractivity contribution in [2.45, 2.75) is 92.1 Å². The van der Waals surface area contributed by atoms with Gasteiger partial charge in [0.1, 0.15) is 6.10 Å². The van der Waals surface area contributed by atoms with Crippen molar-refractivity contribution in [2.75, 3.05) is 40.0 Å². The SMILES string of the molecule is CC.CCCC(CCOC)(CC(C)CC)C1=NOCC(CN2CCCCC2)O1. The van der Waals surface area contributed by atoms with E-state index in [1.54, 1.807) is 7.11 Å². The molecular formula is C23H46N2O3. The van der Waals surface area contributed by atoms with Gasteiger partial charge in [0.05, 0.1) is 5.41 Å². The van der Waals surface area contributed by atoms with E-state index in [1.807, 2.05) is 13.8 Å². The fraction of sp³-hybridized carbons (Fsp3) is 0.957. The molecule has 1 saturated heterocycles. The molecule has 1 fully saturated rings. The fourth-order valence-corrected chi connectivity index (χ4v) is 4.35. The molecule has 0 aromatic heterocycles. The molecule has 2 rings (SSSR count). The lowest BCUT2D eigenvalue weighted by Crippen LogP contribution is -2.46. The lowest BCUT2D eigenvalue weighted by molar-refractivity contribution is -0.0271. The molecule has 0 bridgehead atoms. The number of methoxy groups -OCH3 is 1. The van der Waals surface area contributed by atoms with Gasteiger partial charge in [-0.25, -0.2) is 0 Å². The summed E-state index contributed by atoms with van der Waals surface area (Å²) in [6, 6.07) is 0. The van der Waals surface area contributed by atoms with Crippen LogP contribution in [0.2, 0.25) is 0 Å². The van der Waals surface area contributed by atoms with Crippen molar-refractivity contribution in [2.24, 2.45) is 16.5 Å². The molecule has 2 aliphatic heterocycles. The van der Waals surface area contributed by atoms with Crippen LogP contribution in [0.15, 0.2) is 5.16 Å². The van der Waals surface area contributed by atoms with Crippen molar-refractivity contribution in [3.63, 3.8) is 0 Å². The molecule has 2 heterocycles. The summed E-state index contributed by atoms with van der Waals surface area (Å²) >= 11 is 0. The van der Waals surface area contributed by atoms with Gasteiger partial charge in [0, 0.05) is 20.3 Å². The van der Waals surface area contributed by atoms with Crippen molar-refractivity contribution in [3.8, 4) is 0 Å². The highest BCUT2D eigenvalue weighted by molar-refractivity contribution is 5.82. The minimum atomic E-state index is -0.0687. The Labute approximate surface area is 174 Å². The molecule has 0 N–H and O–H groups in total. The van der Waals surface area contributed by atoms with Gasteiger partial charge in [-0.2, -0.15) is 0 Å². The normalized spacial score (nSPS) is 23.4. The highest BCUT2D eigenvalue weighted by Crippen LogP contribution is 2.40. The maximum absolute atomic E-state index is 6.48. The Bertz CT molecular complexity index is 424. The maximum atomic E-state index is 6.48. The largest absolute Gasteiger partial charge is 0.470 e. The minimum absolute atomic E-state index is 0.0687. The summed E-state index contributed by atoms with van der Waals surface area (Å²) in [6.07, 6.45) is 9.43. The second-order valence-electron chi connectivity index (χ2n) is 8.28. The number of likely N-dealkylation sites (tertiary alicyclic amines) is 1. The molecule has 0 aliphatic carbocycles. The first kappa shape index (κ1) is 25.2. The highest BCUT2D eigenvalue weighted by Gasteiger charge is 2.41. The second-order valence-corrected chi connectivity index (χ2v) is 8.28. The van der Waals surface area contributed by atoms with Crippen LogP contribution in [0.1, 0.15) is 86.0 Å². The summed E-state index contributed by atoms with van der Waals surface area (Å²) in [6.45, 7) is 15.4. The summed E-state index contributed by atoms with van der Waals surface area (Å²) < 4.78 is 11.9. The molecule has 3 atom stereocenters. The van der Waals surface area contributed by atoms with Gasteiger partial charge >= 0.3 is 0 Å². The average molecular weight is 399 g/mol. The van der Waals surface area contributed by atoms with Gasteiger partial charge in [0.15, 0.2) is 6.61 Å². The van der Waals surface area contributed by atoms with Gasteiger partial charge in [-0.1, -0.05) is 59.0 Å². The van der Waals surface area contributed by atoms with Crippen LogP contribution in [0.4, 0.5) is 0 Å². The standard InChI is InChI=1S/C21H40N2O3.C2H6/c1-5-10-21(11-14-24-4,15-18(3)6-2)20-22-25-17-19(26-20)16-23-12-8-7-9-13-23;1-2/h18-19H,5-17H2,1-4H3;1-2H3. The number of piperidine rings is 1. The average Bonchev–Trinajstić information content (AvgIpc) is 2.74. The minimum Gasteiger partial charge on any atom is -0.470 e. The number of ether oxygens (including phenoxy) is 2. The molecule has 3 unspecified atom stereocenters. The van der Waals surface area contributed by atoms with E-state index in [-0.39, 0.29) is 11.5 Å². The van der Waals surface area contributed by atoms with Gasteiger partial charge < -0.3 is 14.3 Å². The fourth-order valence-electron chi connectivity index (χ4n) is 4.35. The molecular weight excluding hydrogens is 352 g/mol. The Morgan fingerprint density at radius 3 is 2.50 bits per heavy atom. The van der Waals surface area contributed by atoms with Crippen molar-refractivity contribution in [1.82, 2.24) is 4.90 Å². The van der Waals surface area contributed by atoms with Crippen LogP contribution < -0.4 is 0 Å². The molecule has 0 amide bonds. The van der Waals surface area contributed by atoms with Crippen LogP contribution in [0.3, 0.4) is 0 Å². The van der Waals surface area contributed by atoms with Gasteiger partial charge in [-0.15, -0.1) is 0 Å². The third kappa shape index (κ3) is 7.90. The first-order valence-corrected chi connectivity index (χ1v) is 11.7. The summed E-state index contributed by atoms with van der Waals surface area (Å²) in [5.41, 5.74) is -0.0687. The van der Waals surface area contributed by atoms with E-state index < -0.39 is 0 Å². The van der Waals surface area contributed by atoms with Crippen LogP contribution in [0.25, 0.3) is 0 Å². The highest BCUT2D eigenvalue weighted by atomic mass is 16.7. The summed E-state index contributed by atoms with van der Waals surface area (Å²) in [4.78, 5) is 8.20. The number of hydrogen-bond donors (Lipinski definition) is 0. The predicted molar refractivity (Wildman–Crippen MR) is 118 cm³/mol. The Kier molecular flexibility index (Phi) is 12.8. The summed E-state index contributed by atoms with van der Waals surface area (Å²) in [5.74, 6) is 1.46. The smallest absolute Gasteiger partial charge is 0.232 e. The van der Waals surface area contributed by atoms with Crippen molar-refractivity contribution in [1.29, 1.82) is 0 Å². The van der Waals surface area contributed by atoms with Crippen LogP contribution >= 0.6 is 0 Å². The van der Waals surface area contributed by atoms with E-state index in [0.717, 1.165) is 44.7 Å². The first-order chi connectivity index (χ1) is 13.6. The maximum Gasteiger partial charge on any atom is 0.232 e. The molecule has 0 aromatic carbocycles. The zero-order valence-corrected chi connectivity index (χ0v) is 19.5. The third-order valence-corrected chi connectivity index (χ3v) is 6.00. The van der Waals surface area contributed by atoms with Crippen LogP contribution in [-0.2, 0) is 14.3 Å². The van der Waals surface area contributed by atoms with Crippen molar-refractivity contribution < 1.29 is 14.3 Å². The Hall–Kier alpha value is -0.810. The van der Waals surface area contributed by atoms with E-state index in [2.05, 4.69) is 30.8 Å². The zero-order chi connectivity index (χ0) is 20.8. The molecule has 5 heteroatoms. The van der Waals surface area contributed by atoms with Crippen LogP contribution in [0.5, 0.6) is 0 Å².